The third-order valence-electron chi connectivity index (χ3n) is 2.51. The predicted molar refractivity (Wildman–Crippen MR) is 55.3 cm³/mol. The van der Waals surface area contributed by atoms with Gasteiger partial charge in [0.05, 0.1) is 5.69 Å². The Morgan fingerprint density at radius 1 is 1.21 bits per heavy atom. The van der Waals surface area contributed by atoms with E-state index in [2.05, 4.69) is 0 Å². The van der Waals surface area contributed by atoms with Crippen LogP contribution in [-0.4, -0.2) is 12.4 Å². The Hall–Kier alpha value is -1.38. The van der Waals surface area contributed by atoms with Gasteiger partial charge in [-0.1, -0.05) is 12.1 Å². The molecule has 1 heterocycles. The summed E-state index contributed by atoms with van der Waals surface area (Å²) in [6, 6.07) is 6.65. The summed E-state index contributed by atoms with van der Waals surface area (Å²) in [5, 5.41) is 7.74. The van der Waals surface area contributed by atoms with Crippen molar-refractivity contribution in [2.75, 3.05) is 11.4 Å². The topological polar surface area (TPSA) is 27.1 Å². The molecule has 1 aliphatic heterocycles. The summed E-state index contributed by atoms with van der Waals surface area (Å²) in [4.78, 5) is 1.76. The number of anilines is 1. The summed E-state index contributed by atoms with van der Waals surface area (Å²) in [6.07, 6.45) is 2.84. The fourth-order valence-corrected chi connectivity index (χ4v) is 1.77. The molecule has 3 heteroatoms. The fourth-order valence-electron chi connectivity index (χ4n) is 1.77. The zero-order chi connectivity index (χ0) is 9.97. The number of nitrogens with one attached hydrogen (secondary N) is 1. The first-order chi connectivity index (χ1) is 6.79. The van der Waals surface area contributed by atoms with Gasteiger partial charge in [0.15, 0.2) is 0 Å². The Labute approximate surface area is 82.9 Å². The SMILES string of the molecule is N=C1CCCCN1c1ccccc1F. The lowest BCUT2D eigenvalue weighted by Crippen LogP contribution is -2.35. The smallest absolute Gasteiger partial charge is 0.146 e. The molecule has 1 saturated heterocycles. The van der Waals surface area contributed by atoms with Crippen LogP contribution in [0.3, 0.4) is 0 Å². The molecule has 1 aromatic carbocycles. The van der Waals surface area contributed by atoms with Gasteiger partial charge in [0.25, 0.3) is 0 Å². The van der Waals surface area contributed by atoms with Crippen LogP contribution >= 0.6 is 0 Å². The fraction of sp³-hybridized carbons (Fsp3) is 0.364. The molecule has 1 aliphatic rings. The van der Waals surface area contributed by atoms with E-state index in [1.807, 2.05) is 0 Å². The molecule has 1 aromatic rings. The molecule has 1 fully saturated rings. The zero-order valence-electron chi connectivity index (χ0n) is 7.96. The maximum absolute atomic E-state index is 13.4. The molecule has 74 valence electrons. The normalized spacial score (nSPS) is 17.2. The minimum atomic E-state index is -0.237. The van der Waals surface area contributed by atoms with E-state index >= 15 is 0 Å². The van der Waals surface area contributed by atoms with Crippen LogP contribution in [0.25, 0.3) is 0 Å². The summed E-state index contributed by atoms with van der Waals surface area (Å²) in [6.45, 7) is 0.764. The number of para-hydroxylation sites is 1. The standard InChI is InChI=1S/C11H13FN2/c12-9-5-1-2-6-10(9)14-8-4-3-7-11(14)13/h1-2,5-6,13H,3-4,7-8H2. The maximum atomic E-state index is 13.4. The third kappa shape index (κ3) is 1.62. The molecule has 0 radical (unpaired) electrons. The highest BCUT2D eigenvalue weighted by Crippen LogP contribution is 2.23. The lowest BCUT2D eigenvalue weighted by atomic mass is 10.1. The average molecular weight is 192 g/mol. The van der Waals surface area contributed by atoms with E-state index in [0.29, 0.717) is 11.5 Å². The second-order valence-corrected chi connectivity index (χ2v) is 3.51. The number of amidine groups is 1. The molecule has 1 N–H and O–H groups in total. The van der Waals surface area contributed by atoms with Crippen LogP contribution in [0.4, 0.5) is 10.1 Å². The van der Waals surface area contributed by atoms with Crippen molar-refractivity contribution < 1.29 is 4.39 Å². The number of hydrogen-bond donors (Lipinski definition) is 1. The first kappa shape index (κ1) is 9.19. The number of benzene rings is 1. The lowest BCUT2D eigenvalue weighted by molar-refractivity contribution is 0.617. The Bertz CT molecular complexity index is 349. The summed E-state index contributed by atoms with van der Waals surface area (Å²) in [5.41, 5.74) is 0.539. The van der Waals surface area contributed by atoms with E-state index in [4.69, 9.17) is 5.41 Å². The van der Waals surface area contributed by atoms with Crippen molar-refractivity contribution in [3.63, 3.8) is 0 Å². The van der Waals surface area contributed by atoms with Gasteiger partial charge in [-0.2, -0.15) is 0 Å². The molecule has 2 nitrogen and oxygen atoms in total. The van der Waals surface area contributed by atoms with Gasteiger partial charge in [0.1, 0.15) is 11.7 Å². The number of halogens is 1. The van der Waals surface area contributed by atoms with E-state index in [1.165, 1.54) is 6.07 Å². The van der Waals surface area contributed by atoms with Crippen molar-refractivity contribution in [2.45, 2.75) is 19.3 Å². The molecule has 0 spiro atoms. The van der Waals surface area contributed by atoms with E-state index in [0.717, 1.165) is 25.8 Å². The summed E-state index contributed by atoms with van der Waals surface area (Å²) in [5.74, 6) is 0.292. The minimum Gasteiger partial charge on any atom is -0.328 e. The van der Waals surface area contributed by atoms with Gasteiger partial charge in [0, 0.05) is 13.0 Å². The van der Waals surface area contributed by atoms with E-state index in [-0.39, 0.29) is 5.82 Å². The van der Waals surface area contributed by atoms with Crippen molar-refractivity contribution in [2.24, 2.45) is 0 Å². The quantitative estimate of drug-likeness (QED) is 0.727. The van der Waals surface area contributed by atoms with E-state index < -0.39 is 0 Å². The summed E-state index contributed by atoms with van der Waals surface area (Å²) >= 11 is 0. The number of hydrogen-bond acceptors (Lipinski definition) is 1. The highest BCUT2D eigenvalue weighted by molar-refractivity contribution is 5.96. The Balaban J connectivity index is 2.29. The minimum absolute atomic E-state index is 0.237. The molecule has 0 saturated carbocycles. The second kappa shape index (κ2) is 3.78. The van der Waals surface area contributed by atoms with Gasteiger partial charge in [-0.15, -0.1) is 0 Å². The van der Waals surface area contributed by atoms with Crippen LogP contribution in [-0.2, 0) is 0 Å². The molecule has 0 aromatic heterocycles. The molecule has 0 aliphatic carbocycles. The van der Waals surface area contributed by atoms with Crippen LogP contribution in [0.5, 0.6) is 0 Å². The van der Waals surface area contributed by atoms with Crippen LogP contribution in [0.2, 0.25) is 0 Å². The average Bonchev–Trinajstić information content (AvgIpc) is 2.20. The van der Waals surface area contributed by atoms with E-state index in [9.17, 15) is 4.39 Å². The van der Waals surface area contributed by atoms with E-state index in [1.54, 1.807) is 23.1 Å². The first-order valence-electron chi connectivity index (χ1n) is 4.88. The first-order valence-corrected chi connectivity index (χ1v) is 4.88. The summed E-state index contributed by atoms with van der Waals surface area (Å²) < 4.78 is 13.4. The highest BCUT2D eigenvalue weighted by Gasteiger charge is 2.18. The molecule has 0 unspecified atom stereocenters. The van der Waals surface area contributed by atoms with Crippen LogP contribution in [0.15, 0.2) is 24.3 Å². The second-order valence-electron chi connectivity index (χ2n) is 3.51. The van der Waals surface area contributed by atoms with Crippen LogP contribution in [0, 0.1) is 11.2 Å². The Kier molecular flexibility index (Phi) is 2.48. The molecule has 14 heavy (non-hydrogen) atoms. The predicted octanol–water partition coefficient (Wildman–Crippen LogP) is 2.79. The van der Waals surface area contributed by atoms with Crippen molar-refractivity contribution in [3.8, 4) is 0 Å². The largest absolute Gasteiger partial charge is 0.328 e. The lowest BCUT2D eigenvalue weighted by Gasteiger charge is -2.29. The molecular weight excluding hydrogens is 179 g/mol. The molecule has 0 amide bonds. The van der Waals surface area contributed by atoms with Gasteiger partial charge in [-0.05, 0) is 25.0 Å². The molecule has 0 atom stereocenters. The van der Waals surface area contributed by atoms with Gasteiger partial charge >= 0.3 is 0 Å². The van der Waals surface area contributed by atoms with Crippen molar-refractivity contribution in [1.29, 1.82) is 5.41 Å². The number of piperidine rings is 1. The van der Waals surface area contributed by atoms with Gasteiger partial charge in [0.2, 0.25) is 0 Å². The van der Waals surface area contributed by atoms with Gasteiger partial charge in [-0.25, -0.2) is 4.39 Å². The van der Waals surface area contributed by atoms with Crippen molar-refractivity contribution >= 4 is 11.5 Å². The molecular formula is C11H13FN2. The third-order valence-corrected chi connectivity index (χ3v) is 2.51. The highest BCUT2D eigenvalue weighted by atomic mass is 19.1. The van der Waals surface area contributed by atoms with Crippen LogP contribution < -0.4 is 4.90 Å². The van der Waals surface area contributed by atoms with Crippen molar-refractivity contribution in [3.05, 3.63) is 30.1 Å². The zero-order valence-corrected chi connectivity index (χ0v) is 7.96. The number of nitrogens with zero attached hydrogens (tertiary/aromatic N) is 1. The maximum Gasteiger partial charge on any atom is 0.146 e. The molecule has 0 bridgehead atoms. The Morgan fingerprint density at radius 2 is 2.00 bits per heavy atom. The monoisotopic (exact) mass is 192 g/mol. The van der Waals surface area contributed by atoms with Gasteiger partial charge in [-0.3, -0.25) is 5.41 Å². The summed E-state index contributed by atoms with van der Waals surface area (Å²) in [7, 11) is 0. The van der Waals surface area contributed by atoms with Crippen LogP contribution in [0.1, 0.15) is 19.3 Å². The number of rotatable bonds is 1. The Morgan fingerprint density at radius 3 is 2.71 bits per heavy atom. The van der Waals surface area contributed by atoms with Gasteiger partial charge < -0.3 is 4.90 Å². The van der Waals surface area contributed by atoms with Crippen molar-refractivity contribution in [1.82, 2.24) is 0 Å². The molecule has 2 rings (SSSR count).